The summed E-state index contributed by atoms with van der Waals surface area (Å²) in [5.41, 5.74) is -0.0523. The SMILES string of the molecule is CCC(C)(CO)CNC(C)CN1CCCC1=O. The number of nitrogens with one attached hydrogen (secondary N) is 1. The molecular formula is C13H26N2O2. The van der Waals surface area contributed by atoms with Gasteiger partial charge < -0.3 is 15.3 Å². The molecule has 1 heterocycles. The van der Waals surface area contributed by atoms with Crippen molar-refractivity contribution in [3.63, 3.8) is 0 Å². The molecule has 0 bridgehead atoms. The van der Waals surface area contributed by atoms with E-state index in [1.165, 1.54) is 0 Å². The van der Waals surface area contributed by atoms with E-state index in [0.717, 1.165) is 32.5 Å². The standard InChI is InChI=1S/C13H26N2O2/c1-4-13(3,10-16)9-14-11(2)8-15-7-5-6-12(15)17/h11,14,16H,4-10H2,1-3H3. The molecule has 0 radical (unpaired) electrons. The number of hydrogen-bond acceptors (Lipinski definition) is 3. The monoisotopic (exact) mass is 242 g/mol. The predicted molar refractivity (Wildman–Crippen MR) is 68.8 cm³/mol. The van der Waals surface area contributed by atoms with Gasteiger partial charge in [-0.2, -0.15) is 0 Å². The zero-order valence-electron chi connectivity index (χ0n) is 11.3. The Hall–Kier alpha value is -0.610. The van der Waals surface area contributed by atoms with Crippen LogP contribution >= 0.6 is 0 Å². The van der Waals surface area contributed by atoms with Crippen LogP contribution in [0.5, 0.6) is 0 Å². The Morgan fingerprint density at radius 1 is 1.59 bits per heavy atom. The number of likely N-dealkylation sites (tertiary alicyclic amines) is 1. The molecule has 0 aromatic carbocycles. The highest BCUT2D eigenvalue weighted by Crippen LogP contribution is 2.18. The van der Waals surface area contributed by atoms with Crippen LogP contribution in [0.3, 0.4) is 0 Å². The molecule has 4 heteroatoms. The molecule has 1 aliphatic heterocycles. The first kappa shape index (κ1) is 14.5. The van der Waals surface area contributed by atoms with Crippen molar-refractivity contribution in [3.8, 4) is 0 Å². The Labute approximate surface area is 104 Å². The molecule has 1 rings (SSSR count). The van der Waals surface area contributed by atoms with Crippen LogP contribution in [0.25, 0.3) is 0 Å². The minimum atomic E-state index is -0.0523. The number of carbonyl (C=O) groups excluding carboxylic acids is 1. The molecule has 0 aliphatic carbocycles. The molecule has 0 saturated carbocycles. The van der Waals surface area contributed by atoms with E-state index in [2.05, 4.69) is 26.1 Å². The number of aliphatic hydroxyl groups excluding tert-OH is 1. The third-order valence-electron chi connectivity index (χ3n) is 3.78. The first-order valence-electron chi connectivity index (χ1n) is 6.63. The van der Waals surface area contributed by atoms with E-state index in [0.29, 0.717) is 6.42 Å². The van der Waals surface area contributed by atoms with Crippen molar-refractivity contribution in [1.29, 1.82) is 0 Å². The zero-order valence-corrected chi connectivity index (χ0v) is 11.3. The van der Waals surface area contributed by atoms with Crippen molar-refractivity contribution in [3.05, 3.63) is 0 Å². The van der Waals surface area contributed by atoms with Crippen molar-refractivity contribution < 1.29 is 9.90 Å². The van der Waals surface area contributed by atoms with E-state index < -0.39 is 0 Å². The molecule has 2 N–H and O–H groups in total. The van der Waals surface area contributed by atoms with Crippen LogP contribution in [0.4, 0.5) is 0 Å². The lowest BCUT2D eigenvalue weighted by molar-refractivity contribution is -0.127. The van der Waals surface area contributed by atoms with Crippen LogP contribution in [-0.4, -0.2) is 48.2 Å². The van der Waals surface area contributed by atoms with Gasteiger partial charge in [-0.1, -0.05) is 13.8 Å². The fourth-order valence-corrected chi connectivity index (χ4v) is 2.01. The third kappa shape index (κ3) is 4.28. The zero-order chi connectivity index (χ0) is 12.9. The first-order valence-corrected chi connectivity index (χ1v) is 6.63. The highest BCUT2D eigenvalue weighted by atomic mass is 16.3. The molecule has 0 aromatic rings. The van der Waals surface area contributed by atoms with Crippen LogP contribution < -0.4 is 5.32 Å². The smallest absolute Gasteiger partial charge is 0.222 e. The summed E-state index contributed by atoms with van der Waals surface area (Å²) in [5.74, 6) is 0.277. The Morgan fingerprint density at radius 3 is 2.76 bits per heavy atom. The minimum Gasteiger partial charge on any atom is -0.396 e. The molecule has 100 valence electrons. The van der Waals surface area contributed by atoms with E-state index in [-0.39, 0.29) is 24.0 Å². The summed E-state index contributed by atoms with van der Waals surface area (Å²) in [6.07, 6.45) is 2.65. The van der Waals surface area contributed by atoms with Gasteiger partial charge in [0.1, 0.15) is 0 Å². The second-order valence-corrected chi connectivity index (χ2v) is 5.55. The summed E-state index contributed by atoms with van der Waals surface area (Å²) in [4.78, 5) is 13.4. The van der Waals surface area contributed by atoms with E-state index >= 15 is 0 Å². The number of rotatable bonds is 7. The summed E-state index contributed by atoms with van der Waals surface area (Å²) in [6, 6.07) is 0.287. The Bertz CT molecular complexity index is 252. The Balaban J connectivity index is 2.29. The minimum absolute atomic E-state index is 0.0523. The third-order valence-corrected chi connectivity index (χ3v) is 3.78. The van der Waals surface area contributed by atoms with Gasteiger partial charge in [-0.25, -0.2) is 0 Å². The van der Waals surface area contributed by atoms with Gasteiger partial charge in [-0.15, -0.1) is 0 Å². The molecule has 0 aromatic heterocycles. The average molecular weight is 242 g/mol. The fourth-order valence-electron chi connectivity index (χ4n) is 2.01. The van der Waals surface area contributed by atoms with Gasteiger partial charge >= 0.3 is 0 Å². The summed E-state index contributed by atoms with van der Waals surface area (Å²) in [7, 11) is 0. The molecule has 1 fully saturated rings. The second kappa shape index (κ2) is 6.36. The number of aliphatic hydroxyl groups is 1. The van der Waals surface area contributed by atoms with Gasteiger partial charge in [-0.3, -0.25) is 4.79 Å². The molecule has 17 heavy (non-hydrogen) atoms. The van der Waals surface area contributed by atoms with E-state index in [1.54, 1.807) is 0 Å². The number of carbonyl (C=O) groups is 1. The molecule has 4 nitrogen and oxygen atoms in total. The summed E-state index contributed by atoms with van der Waals surface area (Å²) in [5, 5.41) is 12.7. The van der Waals surface area contributed by atoms with Gasteiger partial charge in [-0.05, 0) is 19.8 Å². The van der Waals surface area contributed by atoms with Crippen LogP contribution in [0.2, 0.25) is 0 Å². The van der Waals surface area contributed by atoms with Crippen molar-refractivity contribution >= 4 is 5.91 Å². The predicted octanol–water partition coefficient (Wildman–Crippen LogP) is 0.995. The second-order valence-electron chi connectivity index (χ2n) is 5.55. The normalized spacial score (nSPS) is 21.6. The van der Waals surface area contributed by atoms with Crippen LogP contribution in [0.1, 0.15) is 40.0 Å². The maximum atomic E-state index is 11.5. The van der Waals surface area contributed by atoms with Crippen LogP contribution in [0, 0.1) is 5.41 Å². The average Bonchev–Trinajstić information content (AvgIpc) is 2.72. The highest BCUT2D eigenvalue weighted by molar-refractivity contribution is 5.78. The van der Waals surface area contributed by atoms with E-state index in [1.807, 2.05) is 4.90 Å². The van der Waals surface area contributed by atoms with Crippen molar-refractivity contribution in [2.45, 2.75) is 46.1 Å². The summed E-state index contributed by atoms with van der Waals surface area (Å²) < 4.78 is 0. The van der Waals surface area contributed by atoms with Gasteiger partial charge in [0, 0.05) is 44.1 Å². The first-order chi connectivity index (χ1) is 8.00. The molecular weight excluding hydrogens is 216 g/mol. The quantitative estimate of drug-likeness (QED) is 0.700. The van der Waals surface area contributed by atoms with Crippen molar-refractivity contribution in [2.75, 3.05) is 26.2 Å². The van der Waals surface area contributed by atoms with Gasteiger partial charge in [0.25, 0.3) is 0 Å². The maximum absolute atomic E-state index is 11.5. The lowest BCUT2D eigenvalue weighted by Crippen LogP contribution is -2.44. The molecule has 2 atom stereocenters. The van der Waals surface area contributed by atoms with Gasteiger partial charge in [0.05, 0.1) is 0 Å². The lowest BCUT2D eigenvalue weighted by Gasteiger charge is -2.29. The van der Waals surface area contributed by atoms with Gasteiger partial charge in [0.2, 0.25) is 5.91 Å². The van der Waals surface area contributed by atoms with E-state index in [4.69, 9.17) is 0 Å². The number of amides is 1. The summed E-state index contributed by atoms with van der Waals surface area (Å²) in [6.45, 7) is 8.94. The highest BCUT2D eigenvalue weighted by Gasteiger charge is 2.24. The Kier molecular flexibility index (Phi) is 5.40. The lowest BCUT2D eigenvalue weighted by atomic mass is 9.88. The maximum Gasteiger partial charge on any atom is 0.222 e. The largest absolute Gasteiger partial charge is 0.396 e. The molecule has 0 spiro atoms. The summed E-state index contributed by atoms with van der Waals surface area (Å²) >= 11 is 0. The topological polar surface area (TPSA) is 52.6 Å². The van der Waals surface area contributed by atoms with Crippen molar-refractivity contribution in [1.82, 2.24) is 10.2 Å². The van der Waals surface area contributed by atoms with Crippen LogP contribution in [-0.2, 0) is 4.79 Å². The van der Waals surface area contributed by atoms with Crippen molar-refractivity contribution in [2.24, 2.45) is 5.41 Å². The molecule has 1 amide bonds. The van der Waals surface area contributed by atoms with Crippen LogP contribution in [0.15, 0.2) is 0 Å². The van der Waals surface area contributed by atoms with Gasteiger partial charge in [0.15, 0.2) is 0 Å². The molecule has 1 saturated heterocycles. The van der Waals surface area contributed by atoms with E-state index in [9.17, 15) is 9.90 Å². The number of nitrogens with zero attached hydrogens (tertiary/aromatic N) is 1. The fraction of sp³-hybridized carbons (Fsp3) is 0.923. The Morgan fingerprint density at radius 2 is 2.29 bits per heavy atom. The molecule has 2 unspecified atom stereocenters. The number of hydrogen-bond donors (Lipinski definition) is 2. The molecule has 1 aliphatic rings.